The van der Waals surface area contributed by atoms with Crippen LogP contribution in [0.15, 0.2) is 6.20 Å². The number of hydrogen-bond donors (Lipinski definition) is 5. The molecule has 3 rings (SSSR count). The van der Waals surface area contributed by atoms with Gasteiger partial charge < -0.3 is 26.8 Å². The fraction of sp³-hybridized carbons (Fsp3) is 0.700. The van der Waals surface area contributed by atoms with Crippen molar-refractivity contribution in [1.82, 2.24) is 15.3 Å². The van der Waals surface area contributed by atoms with Gasteiger partial charge in [-0.25, -0.2) is 4.98 Å². The number of primary amides is 1. The summed E-state index contributed by atoms with van der Waals surface area (Å²) >= 11 is 0. The molecule has 0 aliphatic heterocycles. The lowest BCUT2D eigenvalue weighted by molar-refractivity contribution is -0.119. The third-order valence-corrected chi connectivity index (χ3v) is 5.76. The van der Waals surface area contributed by atoms with Gasteiger partial charge in [-0.1, -0.05) is 12.8 Å². The van der Waals surface area contributed by atoms with Crippen LogP contribution >= 0.6 is 0 Å². The van der Waals surface area contributed by atoms with Crippen molar-refractivity contribution in [3.63, 3.8) is 0 Å². The molecule has 2 fully saturated rings. The van der Waals surface area contributed by atoms with Crippen LogP contribution in [-0.2, 0) is 4.79 Å². The fourth-order valence-electron chi connectivity index (χ4n) is 4.25. The van der Waals surface area contributed by atoms with Crippen LogP contribution < -0.4 is 21.7 Å². The number of carbonyl (C=O) groups is 2. The van der Waals surface area contributed by atoms with Gasteiger partial charge in [0.1, 0.15) is 5.82 Å². The van der Waals surface area contributed by atoms with E-state index in [0.717, 1.165) is 51.4 Å². The van der Waals surface area contributed by atoms with E-state index >= 15 is 0 Å². The molecular formula is C20H32N6O3. The maximum atomic E-state index is 11.8. The number of nitrogens with two attached hydrogens (primary N) is 1. The number of hydrogen-bond acceptors (Lipinski definition) is 7. The molecule has 0 spiro atoms. The number of amides is 2. The number of aromatic nitrogens is 2. The molecule has 2 saturated carbocycles. The SMILES string of the molecule is CC(=O)N[C@H]1CC[C@H](Nc2ncc(C(N)=O)c(N[C@@H]3CCCC[C@H](O)C3)n2)CC1. The second-order valence-corrected chi connectivity index (χ2v) is 8.23. The number of rotatable bonds is 6. The molecule has 2 amide bonds. The Labute approximate surface area is 171 Å². The van der Waals surface area contributed by atoms with Crippen LogP contribution in [0.5, 0.6) is 0 Å². The minimum Gasteiger partial charge on any atom is -0.393 e. The van der Waals surface area contributed by atoms with Crippen molar-refractivity contribution in [2.24, 2.45) is 5.73 Å². The van der Waals surface area contributed by atoms with Gasteiger partial charge in [0.15, 0.2) is 0 Å². The van der Waals surface area contributed by atoms with E-state index in [0.29, 0.717) is 18.2 Å². The summed E-state index contributed by atoms with van der Waals surface area (Å²) in [6, 6.07) is 0.482. The second kappa shape index (κ2) is 9.87. The zero-order chi connectivity index (χ0) is 20.8. The topological polar surface area (TPSA) is 142 Å². The Morgan fingerprint density at radius 1 is 1.03 bits per heavy atom. The lowest BCUT2D eigenvalue weighted by Crippen LogP contribution is -2.39. The standard InChI is InChI=1S/C20H32N6O3/c1-12(27)23-13-6-8-14(9-7-13)25-20-22-11-17(18(21)29)19(26-20)24-15-4-2-3-5-16(28)10-15/h11,13-16,28H,2-10H2,1H3,(H2,21,29)(H,23,27)(H2,22,24,25,26)/t13-,14-,15-,16+/m1/s1. The molecule has 0 unspecified atom stereocenters. The van der Waals surface area contributed by atoms with Crippen LogP contribution in [0.1, 0.15) is 75.1 Å². The summed E-state index contributed by atoms with van der Waals surface area (Å²) in [5, 5.41) is 19.7. The van der Waals surface area contributed by atoms with Crippen LogP contribution in [-0.4, -0.2) is 51.1 Å². The Morgan fingerprint density at radius 2 is 1.72 bits per heavy atom. The first-order valence-electron chi connectivity index (χ1n) is 10.6. The van der Waals surface area contributed by atoms with Crippen molar-refractivity contribution in [2.75, 3.05) is 10.6 Å². The van der Waals surface area contributed by atoms with E-state index in [1.165, 1.54) is 6.20 Å². The molecule has 6 N–H and O–H groups in total. The van der Waals surface area contributed by atoms with Gasteiger partial charge in [0.25, 0.3) is 5.91 Å². The molecule has 0 radical (unpaired) electrons. The van der Waals surface area contributed by atoms with E-state index in [4.69, 9.17) is 5.73 Å². The third kappa shape index (κ3) is 6.28. The summed E-state index contributed by atoms with van der Waals surface area (Å²) in [6.45, 7) is 1.54. The van der Waals surface area contributed by atoms with E-state index in [-0.39, 0.29) is 35.7 Å². The zero-order valence-electron chi connectivity index (χ0n) is 17.0. The molecule has 1 aromatic heterocycles. The summed E-state index contributed by atoms with van der Waals surface area (Å²) in [5.41, 5.74) is 5.76. The molecule has 160 valence electrons. The average molecular weight is 405 g/mol. The lowest BCUT2D eigenvalue weighted by Gasteiger charge is -2.29. The van der Waals surface area contributed by atoms with Crippen molar-refractivity contribution in [2.45, 2.75) is 88.9 Å². The van der Waals surface area contributed by atoms with Gasteiger partial charge in [0.05, 0.1) is 11.7 Å². The maximum Gasteiger partial charge on any atom is 0.254 e. The van der Waals surface area contributed by atoms with Gasteiger partial charge in [-0.15, -0.1) is 0 Å². The van der Waals surface area contributed by atoms with Crippen molar-refractivity contribution in [3.05, 3.63) is 11.8 Å². The molecule has 0 aromatic carbocycles. The molecule has 2 aliphatic carbocycles. The van der Waals surface area contributed by atoms with Crippen molar-refractivity contribution in [1.29, 1.82) is 0 Å². The molecular weight excluding hydrogens is 372 g/mol. The van der Waals surface area contributed by atoms with E-state index < -0.39 is 5.91 Å². The molecule has 9 heteroatoms. The Bertz CT molecular complexity index is 720. The highest BCUT2D eigenvalue weighted by molar-refractivity contribution is 5.97. The van der Waals surface area contributed by atoms with Crippen LogP contribution in [0.4, 0.5) is 11.8 Å². The van der Waals surface area contributed by atoms with Gasteiger partial charge in [-0.3, -0.25) is 9.59 Å². The van der Waals surface area contributed by atoms with Crippen LogP contribution in [0, 0.1) is 0 Å². The number of aliphatic hydroxyl groups is 1. The second-order valence-electron chi connectivity index (χ2n) is 8.23. The van der Waals surface area contributed by atoms with E-state index in [1.54, 1.807) is 6.92 Å². The predicted molar refractivity (Wildman–Crippen MR) is 111 cm³/mol. The van der Waals surface area contributed by atoms with E-state index in [1.807, 2.05) is 0 Å². The Balaban J connectivity index is 1.65. The Hall–Kier alpha value is -2.42. The van der Waals surface area contributed by atoms with Gasteiger partial charge in [-0.2, -0.15) is 4.98 Å². The fourth-order valence-corrected chi connectivity index (χ4v) is 4.25. The largest absolute Gasteiger partial charge is 0.393 e. The minimum absolute atomic E-state index is 0.00568. The quantitative estimate of drug-likeness (QED) is 0.453. The molecule has 29 heavy (non-hydrogen) atoms. The molecule has 9 nitrogen and oxygen atoms in total. The lowest BCUT2D eigenvalue weighted by atomic mass is 9.91. The number of aliphatic hydroxyl groups excluding tert-OH is 1. The normalized spacial score (nSPS) is 27.5. The smallest absolute Gasteiger partial charge is 0.254 e. The minimum atomic E-state index is -0.580. The van der Waals surface area contributed by atoms with Crippen molar-refractivity contribution >= 4 is 23.6 Å². The van der Waals surface area contributed by atoms with Crippen LogP contribution in [0.25, 0.3) is 0 Å². The Kier molecular flexibility index (Phi) is 7.24. The first-order valence-corrected chi connectivity index (χ1v) is 10.6. The molecule has 0 saturated heterocycles. The monoisotopic (exact) mass is 404 g/mol. The first kappa shape index (κ1) is 21.3. The average Bonchev–Trinajstić information content (AvgIpc) is 2.86. The molecule has 2 aliphatic rings. The van der Waals surface area contributed by atoms with E-state index in [2.05, 4.69) is 25.9 Å². The van der Waals surface area contributed by atoms with Crippen molar-refractivity contribution < 1.29 is 14.7 Å². The maximum absolute atomic E-state index is 11.8. The number of carbonyl (C=O) groups excluding carboxylic acids is 2. The highest BCUT2D eigenvalue weighted by Crippen LogP contribution is 2.25. The zero-order valence-corrected chi connectivity index (χ0v) is 17.0. The molecule has 0 bridgehead atoms. The Morgan fingerprint density at radius 3 is 2.41 bits per heavy atom. The summed E-state index contributed by atoms with van der Waals surface area (Å²) in [6.07, 6.45) is 9.09. The number of anilines is 2. The highest BCUT2D eigenvalue weighted by atomic mass is 16.3. The van der Waals surface area contributed by atoms with Gasteiger partial charge in [0, 0.05) is 31.2 Å². The predicted octanol–water partition coefficient (Wildman–Crippen LogP) is 1.54. The summed E-state index contributed by atoms with van der Waals surface area (Å²) in [7, 11) is 0. The van der Waals surface area contributed by atoms with Gasteiger partial charge >= 0.3 is 0 Å². The van der Waals surface area contributed by atoms with Gasteiger partial charge in [0.2, 0.25) is 11.9 Å². The van der Waals surface area contributed by atoms with Crippen LogP contribution in [0.2, 0.25) is 0 Å². The molecule has 1 heterocycles. The van der Waals surface area contributed by atoms with Crippen LogP contribution in [0.3, 0.4) is 0 Å². The molecule has 1 aromatic rings. The number of nitrogens with zero attached hydrogens (tertiary/aromatic N) is 2. The van der Waals surface area contributed by atoms with Gasteiger partial charge in [-0.05, 0) is 44.9 Å². The number of nitrogens with one attached hydrogen (secondary N) is 3. The van der Waals surface area contributed by atoms with E-state index in [9.17, 15) is 14.7 Å². The summed E-state index contributed by atoms with van der Waals surface area (Å²) in [5.74, 6) is 0.297. The third-order valence-electron chi connectivity index (χ3n) is 5.76. The summed E-state index contributed by atoms with van der Waals surface area (Å²) < 4.78 is 0. The summed E-state index contributed by atoms with van der Waals surface area (Å²) in [4.78, 5) is 31.8. The van der Waals surface area contributed by atoms with Crippen molar-refractivity contribution in [3.8, 4) is 0 Å². The first-order chi connectivity index (χ1) is 13.9. The highest BCUT2D eigenvalue weighted by Gasteiger charge is 2.24. The molecule has 2 atom stereocenters.